The summed E-state index contributed by atoms with van der Waals surface area (Å²) >= 11 is 5.03. The Kier molecular flexibility index (Phi) is 4.88. The molecule has 0 aliphatic rings. The van der Waals surface area contributed by atoms with Crippen LogP contribution in [0.2, 0.25) is 0 Å². The van der Waals surface area contributed by atoms with Gasteiger partial charge in [0.25, 0.3) is 0 Å². The molecule has 0 bridgehead atoms. The second kappa shape index (κ2) is 6.99. The van der Waals surface area contributed by atoms with E-state index in [-0.39, 0.29) is 5.11 Å². The van der Waals surface area contributed by atoms with Gasteiger partial charge in [-0.3, -0.25) is 0 Å². The van der Waals surface area contributed by atoms with Gasteiger partial charge in [-0.15, -0.1) is 0 Å². The highest BCUT2D eigenvalue weighted by Crippen LogP contribution is 2.32. The van der Waals surface area contributed by atoms with E-state index in [1.54, 1.807) is 19.1 Å². The Labute approximate surface area is 155 Å². The normalized spacial score (nSPS) is 11.4. The maximum Gasteiger partial charge on any atom is 0.416 e. The van der Waals surface area contributed by atoms with Gasteiger partial charge < -0.3 is 15.1 Å². The van der Waals surface area contributed by atoms with E-state index in [4.69, 9.17) is 16.6 Å². The number of anilines is 2. The van der Waals surface area contributed by atoms with Gasteiger partial charge in [0.05, 0.1) is 11.3 Å². The minimum absolute atomic E-state index is 0.123. The standard InChI is InChI=1S/C18H12F4N2O2S/c1-9-6-16(25)26-15-8-11(3-4-12(9)15)23-17(27)24-14-7-10(18(20,21)22)2-5-13(14)19/h2-8H,1H3,(H2,23,24,27). The summed E-state index contributed by atoms with van der Waals surface area (Å²) in [5.74, 6) is -0.882. The quantitative estimate of drug-likeness (QED) is 0.360. The lowest BCUT2D eigenvalue weighted by Gasteiger charge is -2.14. The van der Waals surface area contributed by atoms with Crippen LogP contribution >= 0.6 is 12.2 Å². The van der Waals surface area contributed by atoms with Gasteiger partial charge in [0, 0.05) is 23.2 Å². The number of fused-ring (bicyclic) bond motifs is 1. The van der Waals surface area contributed by atoms with E-state index in [1.807, 2.05) is 0 Å². The first kappa shape index (κ1) is 18.8. The number of halogens is 4. The van der Waals surface area contributed by atoms with Crippen molar-refractivity contribution in [1.29, 1.82) is 0 Å². The topological polar surface area (TPSA) is 54.3 Å². The Morgan fingerprint density at radius 2 is 1.81 bits per heavy atom. The third kappa shape index (κ3) is 4.25. The van der Waals surface area contributed by atoms with Crippen LogP contribution in [0.3, 0.4) is 0 Å². The molecule has 2 aromatic carbocycles. The fraction of sp³-hybridized carbons (Fsp3) is 0.111. The monoisotopic (exact) mass is 396 g/mol. The fourth-order valence-corrected chi connectivity index (χ4v) is 2.71. The molecule has 2 N–H and O–H groups in total. The van der Waals surface area contributed by atoms with Crippen LogP contribution < -0.4 is 16.3 Å². The molecule has 3 rings (SSSR count). The molecule has 1 aromatic heterocycles. The van der Waals surface area contributed by atoms with Crippen molar-refractivity contribution < 1.29 is 22.0 Å². The van der Waals surface area contributed by atoms with Gasteiger partial charge in [-0.05, 0) is 55.0 Å². The molecule has 3 aromatic rings. The summed E-state index contributed by atoms with van der Waals surface area (Å²) in [6, 6.07) is 8.20. The molecular formula is C18H12F4N2O2S. The molecule has 0 saturated heterocycles. The van der Waals surface area contributed by atoms with Crippen molar-refractivity contribution in [3.63, 3.8) is 0 Å². The maximum absolute atomic E-state index is 13.8. The Morgan fingerprint density at radius 1 is 1.07 bits per heavy atom. The van der Waals surface area contributed by atoms with Crippen molar-refractivity contribution in [2.45, 2.75) is 13.1 Å². The number of benzene rings is 2. The highest BCUT2D eigenvalue weighted by molar-refractivity contribution is 7.80. The van der Waals surface area contributed by atoms with E-state index < -0.39 is 28.9 Å². The van der Waals surface area contributed by atoms with Crippen molar-refractivity contribution in [2.24, 2.45) is 0 Å². The fourth-order valence-electron chi connectivity index (χ4n) is 2.48. The van der Waals surface area contributed by atoms with Crippen LogP contribution in [0.4, 0.5) is 28.9 Å². The average molecular weight is 396 g/mol. The van der Waals surface area contributed by atoms with Crippen molar-refractivity contribution >= 4 is 39.7 Å². The van der Waals surface area contributed by atoms with Crippen molar-refractivity contribution in [3.05, 3.63) is 69.8 Å². The predicted octanol–water partition coefficient (Wildman–Crippen LogP) is 5.07. The van der Waals surface area contributed by atoms with E-state index in [2.05, 4.69) is 10.6 Å². The second-order valence-corrected chi connectivity index (χ2v) is 6.14. The van der Waals surface area contributed by atoms with Gasteiger partial charge >= 0.3 is 11.8 Å². The van der Waals surface area contributed by atoms with Crippen LogP contribution in [0.15, 0.2) is 51.7 Å². The number of alkyl halides is 3. The number of hydrogen-bond acceptors (Lipinski definition) is 3. The summed E-state index contributed by atoms with van der Waals surface area (Å²) in [6.07, 6.45) is -4.60. The molecule has 27 heavy (non-hydrogen) atoms. The maximum atomic E-state index is 13.8. The van der Waals surface area contributed by atoms with Crippen molar-refractivity contribution in [3.8, 4) is 0 Å². The van der Waals surface area contributed by atoms with E-state index >= 15 is 0 Å². The molecule has 0 aliphatic carbocycles. The lowest BCUT2D eigenvalue weighted by Crippen LogP contribution is -2.20. The minimum Gasteiger partial charge on any atom is -0.423 e. The van der Waals surface area contributed by atoms with E-state index in [0.717, 1.165) is 10.9 Å². The number of rotatable bonds is 2. The van der Waals surface area contributed by atoms with Gasteiger partial charge in [-0.2, -0.15) is 13.2 Å². The molecule has 9 heteroatoms. The van der Waals surface area contributed by atoms with Gasteiger partial charge in [0.15, 0.2) is 5.11 Å². The Hall–Kier alpha value is -2.94. The number of nitrogens with one attached hydrogen (secondary N) is 2. The summed E-state index contributed by atoms with van der Waals surface area (Å²) < 4.78 is 57.2. The predicted molar refractivity (Wildman–Crippen MR) is 98.5 cm³/mol. The van der Waals surface area contributed by atoms with Crippen LogP contribution in [-0.4, -0.2) is 5.11 Å². The zero-order valence-electron chi connectivity index (χ0n) is 13.8. The van der Waals surface area contributed by atoms with E-state index in [9.17, 15) is 22.4 Å². The van der Waals surface area contributed by atoms with Crippen LogP contribution in [0.25, 0.3) is 11.0 Å². The first-order chi connectivity index (χ1) is 12.6. The lowest BCUT2D eigenvalue weighted by atomic mass is 10.1. The van der Waals surface area contributed by atoms with Gasteiger partial charge in [0.1, 0.15) is 11.4 Å². The van der Waals surface area contributed by atoms with Crippen molar-refractivity contribution in [1.82, 2.24) is 0 Å². The molecule has 0 fully saturated rings. The Bertz CT molecular complexity index is 1090. The number of thiocarbonyl (C=S) groups is 1. The SMILES string of the molecule is Cc1cc(=O)oc2cc(NC(=S)Nc3cc(C(F)(F)F)ccc3F)ccc12. The molecule has 0 aliphatic heterocycles. The van der Waals surface area contributed by atoms with E-state index in [0.29, 0.717) is 29.5 Å². The molecule has 1 heterocycles. The van der Waals surface area contributed by atoms with Gasteiger partial charge in [0.2, 0.25) is 0 Å². The number of hydrogen-bond donors (Lipinski definition) is 2. The molecule has 0 radical (unpaired) electrons. The van der Waals surface area contributed by atoms with Gasteiger partial charge in [-0.25, -0.2) is 9.18 Å². The van der Waals surface area contributed by atoms with E-state index in [1.165, 1.54) is 12.1 Å². The summed E-state index contributed by atoms with van der Waals surface area (Å²) in [4.78, 5) is 11.5. The van der Waals surface area contributed by atoms with Crippen LogP contribution in [0, 0.1) is 12.7 Å². The third-order valence-electron chi connectivity index (χ3n) is 3.75. The minimum atomic E-state index is -4.60. The molecule has 4 nitrogen and oxygen atoms in total. The molecule has 0 unspecified atom stereocenters. The summed E-state index contributed by atoms with van der Waals surface area (Å²) in [6.45, 7) is 1.76. The molecule has 140 valence electrons. The molecule has 0 saturated carbocycles. The zero-order valence-corrected chi connectivity index (χ0v) is 14.6. The van der Waals surface area contributed by atoms with Gasteiger partial charge in [-0.1, -0.05) is 0 Å². The molecule has 0 amide bonds. The Morgan fingerprint density at radius 3 is 2.52 bits per heavy atom. The summed E-state index contributed by atoms with van der Waals surface area (Å²) in [7, 11) is 0. The second-order valence-electron chi connectivity index (χ2n) is 5.73. The largest absolute Gasteiger partial charge is 0.423 e. The highest BCUT2D eigenvalue weighted by Gasteiger charge is 2.31. The smallest absolute Gasteiger partial charge is 0.416 e. The lowest BCUT2D eigenvalue weighted by molar-refractivity contribution is -0.137. The summed E-state index contributed by atoms with van der Waals surface area (Å²) in [5, 5.41) is 5.71. The van der Waals surface area contributed by atoms with Crippen LogP contribution in [0.5, 0.6) is 0 Å². The zero-order chi connectivity index (χ0) is 19.8. The van der Waals surface area contributed by atoms with Crippen LogP contribution in [-0.2, 0) is 6.18 Å². The summed E-state index contributed by atoms with van der Waals surface area (Å²) in [5.41, 5.74) is -0.453. The molecule has 0 spiro atoms. The number of aryl methyl sites for hydroxylation is 1. The molecule has 0 atom stereocenters. The molecular weight excluding hydrogens is 384 g/mol. The van der Waals surface area contributed by atoms with Crippen LogP contribution in [0.1, 0.15) is 11.1 Å². The third-order valence-corrected chi connectivity index (χ3v) is 3.96. The average Bonchev–Trinajstić information content (AvgIpc) is 2.55. The first-order valence-electron chi connectivity index (χ1n) is 7.63. The Balaban J connectivity index is 1.82. The first-order valence-corrected chi connectivity index (χ1v) is 8.03. The highest BCUT2D eigenvalue weighted by atomic mass is 32.1. The van der Waals surface area contributed by atoms with Crippen molar-refractivity contribution in [2.75, 3.05) is 10.6 Å².